The van der Waals surface area contributed by atoms with Gasteiger partial charge >= 0.3 is 0 Å². The third-order valence-electron chi connectivity index (χ3n) is 5.30. The predicted molar refractivity (Wildman–Crippen MR) is 104 cm³/mol. The monoisotopic (exact) mass is 366 g/mol. The highest BCUT2D eigenvalue weighted by molar-refractivity contribution is 8.02. The first-order chi connectivity index (χ1) is 12.7. The number of nitrogens with zero attached hydrogens (tertiary/aromatic N) is 1. The summed E-state index contributed by atoms with van der Waals surface area (Å²) < 4.78 is 0. The molecule has 4 rings (SSSR count). The number of hydrogen-bond donors (Lipinski definition) is 1. The van der Waals surface area contributed by atoms with Gasteiger partial charge in [-0.1, -0.05) is 61.2 Å². The molecule has 134 valence electrons. The van der Waals surface area contributed by atoms with E-state index in [9.17, 15) is 9.59 Å². The second kappa shape index (κ2) is 6.80. The number of nitrogens with one attached hydrogen (secondary N) is 1. The second-order valence-corrected chi connectivity index (χ2v) is 8.13. The number of para-hydroxylation sites is 1. The molecule has 1 N–H and O–H groups in total. The molecule has 2 heterocycles. The summed E-state index contributed by atoms with van der Waals surface area (Å²) in [5.74, 6) is 0.252. The molecule has 0 aromatic heterocycles. The molecule has 2 aromatic carbocycles. The number of benzene rings is 2. The van der Waals surface area contributed by atoms with Gasteiger partial charge in [0.15, 0.2) is 4.87 Å². The molecular weight excluding hydrogens is 344 g/mol. The van der Waals surface area contributed by atoms with E-state index in [2.05, 4.69) is 24.4 Å². The van der Waals surface area contributed by atoms with E-state index in [1.807, 2.05) is 42.5 Å². The third kappa shape index (κ3) is 2.71. The number of hydrogen-bond acceptors (Lipinski definition) is 3. The van der Waals surface area contributed by atoms with Crippen LogP contribution in [0, 0.1) is 0 Å². The Bertz CT molecular complexity index is 839. The third-order valence-corrected chi connectivity index (χ3v) is 6.78. The van der Waals surface area contributed by atoms with Crippen LogP contribution in [0.4, 0.5) is 5.69 Å². The van der Waals surface area contributed by atoms with Crippen molar-refractivity contribution in [3.05, 3.63) is 60.2 Å². The summed E-state index contributed by atoms with van der Waals surface area (Å²) in [6.07, 6.45) is 1.93. The fourth-order valence-electron chi connectivity index (χ4n) is 3.88. The normalized spacial score (nSPS) is 22.0. The van der Waals surface area contributed by atoms with Crippen molar-refractivity contribution >= 4 is 29.3 Å². The van der Waals surface area contributed by atoms with Gasteiger partial charge in [0.2, 0.25) is 5.91 Å². The number of anilines is 1. The SMILES string of the molecule is CCC(CNC(=O)C12CCC(=O)N1c1ccccc1S2)c1ccccc1. The van der Waals surface area contributed by atoms with E-state index in [1.54, 1.807) is 4.90 Å². The van der Waals surface area contributed by atoms with E-state index in [0.717, 1.165) is 17.0 Å². The Morgan fingerprint density at radius 1 is 1.19 bits per heavy atom. The lowest BCUT2D eigenvalue weighted by molar-refractivity contribution is -0.124. The first-order valence-corrected chi connectivity index (χ1v) is 9.91. The van der Waals surface area contributed by atoms with Gasteiger partial charge in [-0.05, 0) is 30.5 Å². The summed E-state index contributed by atoms with van der Waals surface area (Å²) in [6.45, 7) is 2.72. The highest BCUT2D eigenvalue weighted by atomic mass is 32.2. The summed E-state index contributed by atoms with van der Waals surface area (Å²) >= 11 is 1.51. The van der Waals surface area contributed by atoms with Gasteiger partial charge < -0.3 is 5.32 Å². The molecule has 0 spiro atoms. The minimum atomic E-state index is -0.824. The maximum absolute atomic E-state index is 13.2. The van der Waals surface area contributed by atoms with Gasteiger partial charge in [-0.3, -0.25) is 14.5 Å². The Labute approximate surface area is 158 Å². The number of carbonyl (C=O) groups is 2. The van der Waals surface area contributed by atoms with E-state index in [4.69, 9.17) is 0 Å². The fraction of sp³-hybridized carbons (Fsp3) is 0.333. The molecule has 0 radical (unpaired) electrons. The van der Waals surface area contributed by atoms with Crippen molar-refractivity contribution in [2.75, 3.05) is 11.4 Å². The van der Waals surface area contributed by atoms with Crippen LogP contribution in [0.3, 0.4) is 0 Å². The van der Waals surface area contributed by atoms with Crippen LogP contribution in [0.2, 0.25) is 0 Å². The molecule has 26 heavy (non-hydrogen) atoms. The number of fused-ring (bicyclic) bond motifs is 3. The summed E-state index contributed by atoms with van der Waals surface area (Å²) in [6, 6.07) is 18.0. The number of carbonyl (C=O) groups excluding carboxylic acids is 2. The number of amides is 2. The van der Waals surface area contributed by atoms with Crippen LogP contribution in [0.25, 0.3) is 0 Å². The standard InChI is InChI=1S/C21H22N2O2S/c1-2-15(16-8-4-3-5-9-16)14-22-20(25)21-13-12-19(24)23(21)17-10-6-7-11-18(17)26-21/h3-11,15H,2,12-14H2,1H3,(H,22,25). The van der Waals surface area contributed by atoms with Crippen LogP contribution in [0.5, 0.6) is 0 Å². The summed E-state index contributed by atoms with van der Waals surface area (Å²) in [4.78, 5) is 27.6. The van der Waals surface area contributed by atoms with Gasteiger partial charge in [0.05, 0.1) is 5.69 Å². The second-order valence-electron chi connectivity index (χ2n) is 6.81. The van der Waals surface area contributed by atoms with E-state index < -0.39 is 4.87 Å². The molecule has 1 fully saturated rings. The van der Waals surface area contributed by atoms with Crippen LogP contribution in [0.15, 0.2) is 59.5 Å². The highest BCUT2D eigenvalue weighted by Crippen LogP contribution is 2.55. The smallest absolute Gasteiger partial charge is 0.257 e. The van der Waals surface area contributed by atoms with Crippen molar-refractivity contribution in [3.8, 4) is 0 Å². The van der Waals surface area contributed by atoms with Crippen molar-refractivity contribution < 1.29 is 9.59 Å². The van der Waals surface area contributed by atoms with Crippen LogP contribution in [-0.2, 0) is 9.59 Å². The maximum Gasteiger partial charge on any atom is 0.257 e. The largest absolute Gasteiger partial charge is 0.353 e. The average molecular weight is 366 g/mol. The van der Waals surface area contributed by atoms with Crippen molar-refractivity contribution in [3.63, 3.8) is 0 Å². The van der Waals surface area contributed by atoms with Crippen molar-refractivity contribution in [1.29, 1.82) is 0 Å². The zero-order chi connectivity index (χ0) is 18.1. The number of thioether (sulfide) groups is 1. The summed E-state index contributed by atoms with van der Waals surface area (Å²) in [7, 11) is 0. The minimum absolute atomic E-state index is 0.0349. The molecule has 4 nitrogen and oxygen atoms in total. The van der Waals surface area contributed by atoms with Gasteiger partial charge in [0.25, 0.3) is 5.91 Å². The van der Waals surface area contributed by atoms with Gasteiger partial charge in [0, 0.05) is 23.8 Å². The minimum Gasteiger partial charge on any atom is -0.353 e. The van der Waals surface area contributed by atoms with Crippen molar-refractivity contribution in [1.82, 2.24) is 5.32 Å². The zero-order valence-corrected chi connectivity index (χ0v) is 15.6. The van der Waals surface area contributed by atoms with Gasteiger partial charge in [-0.25, -0.2) is 0 Å². The van der Waals surface area contributed by atoms with Gasteiger partial charge in [0.1, 0.15) is 0 Å². The predicted octanol–water partition coefficient (Wildman–Crippen LogP) is 3.93. The van der Waals surface area contributed by atoms with Crippen LogP contribution < -0.4 is 10.2 Å². The topological polar surface area (TPSA) is 49.4 Å². The molecule has 2 amide bonds. The van der Waals surface area contributed by atoms with E-state index >= 15 is 0 Å². The molecule has 0 aliphatic carbocycles. The molecule has 2 aliphatic rings. The van der Waals surface area contributed by atoms with Crippen LogP contribution >= 0.6 is 11.8 Å². The lowest BCUT2D eigenvalue weighted by Crippen LogP contribution is -2.53. The Morgan fingerprint density at radius 3 is 2.69 bits per heavy atom. The molecule has 2 aromatic rings. The van der Waals surface area contributed by atoms with E-state index in [-0.39, 0.29) is 17.7 Å². The molecule has 2 aliphatic heterocycles. The van der Waals surface area contributed by atoms with Crippen molar-refractivity contribution in [2.45, 2.75) is 41.9 Å². The van der Waals surface area contributed by atoms with Gasteiger partial charge in [-0.2, -0.15) is 0 Å². The van der Waals surface area contributed by atoms with Gasteiger partial charge in [-0.15, -0.1) is 0 Å². The molecule has 0 saturated carbocycles. The van der Waals surface area contributed by atoms with E-state index in [1.165, 1.54) is 17.3 Å². The Kier molecular flexibility index (Phi) is 4.49. The van der Waals surface area contributed by atoms with E-state index in [0.29, 0.717) is 19.4 Å². The lowest BCUT2D eigenvalue weighted by Gasteiger charge is -2.30. The molecule has 0 bridgehead atoms. The summed E-state index contributed by atoms with van der Waals surface area (Å²) in [5, 5.41) is 3.14. The lowest BCUT2D eigenvalue weighted by atomic mass is 9.96. The molecule has 2 atom stereocenters. The number of rotatable bonds is 5. The zero-order valence-electron chi connectivity index (χ0n) is 14.8. The Hall–Kier alpha value is -2.27. The summed E-state index contributed by atoms with van der Waals surface area (Å²) in [5.41, 5.74) is 2.10. The van der Waals surface area contributed by atoms with Crippen LogP contribution in [-0.4, -0.2) is 23.2 Å². The van der Waals surface area contributed by atoms with Crippen LogP contribution in [0.1, 0.15) is 37.7 Å². The quantitative estimate of drug-likeness (QED) is 0.872. The average Bonchev–Trinajstić information content (AvgIpc) is 3.19. The first kappa shape index (κ1) is 17.2. The highest BCUT2D eigenvalue weighted by Gasteiger charge is 2.57. The fourth-order valence-corrected chi connectivity index (χ4v) is 5.31. The Balaban J connectivity index is 1.54. The Morgan fingerprint density at radius 2 is 1.92 bits per heavy atom. The molecule has 2 unspecified atom stereocenters. The van der Waals surface area contributed by atoms with Crippen molar-refractivity contribution in [2.24, 2.45) is 0 Å². The molecular formula is C21H22N2O2S. The molecule has 1 saturated heterocycles. The molecule has 5 heteroatoms. The first-order valence-electron chi connectivity index (χ1n) is 9.10. The maximum atomic E-state index is 13.2.